The van der Waals surface area contributed by atoms with E-state index in [9.17, 15) is 0 Å². The Morgan fingerprint density at radius 1 is 1.39 bits per heavy atom. The van der Waals surface area contributed by atoms with E-state index in [1.54, 1.807) is 0 Å². The first-order valence-corrected chi connectivity index (χ1v) is 7.08. The highest BCUT2D eigenvalue weighted by Gasteiger charge is 2.34. The Bertz CT molecular complexity index is 369. The summed E-state index contributed by atoms with van der Waals surface area (Å²) in [5.74, 6) is 0. The van der Waals surface area contributed by atoms with Gasteiger partial charge in [-0.15, -0.1) is 0 Å². The van der Waals surface area contributed by atoms with Gasteiger partial charge in [-0.25, -0.2) is 0 Å². The number of benzene rings is 1. The highest BCUT2D eigenvalue weighted by atomic mass is 16.5. The predicted molar refractivity (Wildman–Crippen MR) is 75.9 cm³/mol. The molecule has 0 aromatic heterocycles. The zero-order chi connectivity index (χ0) is 12.8. The maximum absolute atomic E-state index is 5.65. The summed E-state index contributed by atoms with van der Waals surface area (Å²) in [6.45, 7) is 8.38. The molecule has 1 N–H and O–H groups in total. The molecule has 100 valence electrons. The number of ether oxygens (including phenoxy) is 1. The summed E-state index contributed by atoms with van der Waals surface area (Å²) >= 11 is 0. The first-order chi connectivity index (χ1) is 8.74. The summed E-state index contributed by atoms with van der Waals surface area (Å²) in [5, 5.41) is 3.57. The molecule has 1 aromatic rings. The maximum atomic E-state index is 5.65. The number of hydrogen-bond acceptors (Lipinski definition) is 2. The maximum Gasteiger partial charge on any atom is 0.0538 e. The van der Waals surface area contributed by atoms with E-state index < -0.39 is 0 Å². The van der Waals surface area contributed by atoms with E-state index in [1.165, 1.54) is 24.0 Å². The molecule has 1 heterocycles. The molecule has 0 bridgehead atoms. The standard InChI is InChI=1S/C16H25NO/c1-3-8-17-12-16(7-9-18-13-16)11-15-6-4-5-14(2)10-15/h4-6,10,17H,3,7-9,11-13H2,1-2H3. The van der Waals surface area contributed by atoms with Crippen LogP contribution in [0.25, 0.3) is 0 Å². The second-order valence-corrected chi connectivity index (χ2v) is 5.65. The average molecular weight is 247 g/mol. The van der Waals surface area contributed by atoms with Crippen LogP contribution in [0.5, 0.6) is 0 Å². The molecule has 1 aliphatic heterocycles. The van der Waals surface area contributed by atoms with Gasteiger partial charge < -0.3 is 10.1 Å². The van der Waals surface area contributed by atoms with Gasteiger partial charge in [0.15, 0.2) is 0 Å². The predicted octanol–water partition coefficient (Wildman–Crippen LogP) is 2.94. The normalized spacial score (nSPS) is 23.4. The topological polar surface area (TPSA) is 21.3 Å². The third-order valence-electron chi connectivity index (χ3n) is 3.77. The van der Waals surface area contributed by atoms with Crippen molar-refractivity contribution in [2.75, 3.05) is 26.3 Å². The molecule has 0 aliphatic carbocycles. The van der Waals surface area contributed by atoms with Crippen molar-refractivity contribution < 1.29 is 4.74 Å². The van der Waals surface area contributed by atoms with Gasteiger partial charge in [0.25, 0.3) is 0 Å². The lowest BCUT2D eigenvalue weighted by atomic mass is 9.80. The summed E-state index contributed by atoms with van der Waals surface area (Å²) in [7, 11) is 0. The van der Waals surface area contributed by atoms with E-state index in [-0.39, 0.29) is 0 Å². The number of aryl methyl sites for hydroxylation is 1. The molecule has 2 rings (SSSR count). The van der Waals surface area contributed by atoms with Crippen LogP contribution in [-0.2, 0) is 11.2 Å². The lowest BCUT2D eigenvalue weighted by molar-refractivity contribution is 0.149. The Morgan fingerprint density at radius 3 is 2.94 bits per heavy atom. The van der Waals surface area contributed by atoms with Crippen LogP contribution in [0.1, 0.15) is 30.9 Å². The van der Waals surface area contributed by atoms with Crippen LogP contribution >= 0.6 is 0 Å². The van der Waals surface area contributed by atoms with Crippen molar-refractivity contribution in [3.63, 3.8) is 0 Å². The molecule has 1 aromatic carbocycles. The van der Waals surface area contributed by atoms with E-state index in [2.05, 4.69) is 43.4 Å². The number of rotatable bonds is 6. The average Bonchev–Trinajstić information content (AvgIpc) is 2.78. The SMILES string of the molecule is CCCNCC1(Cc2cccc(C)c2)CCOC1. The molecular weight excluding hydrogens is 222 g/mol. The summed E-state index contributed by atoms with van der Waals surface area (Å²) in [6, 6.07) is 8.87. The molecule has 2 heteroatoms. The molecular formula is C16H25NO. The van der Waals surface area contributed by atoms with Gasteiger partial charge in [-0.1, -0.05) is 36.8 Å². The Kier molecular flexibility index (Phi) is 4.79. The Hall–Kier alpha value is -0.860. The van der Waals surface area contributed by atoms with E-state index >= 15 is 0 Å². The molecule has 0 amide bonds. The largest absolute Gasteiger partial charge is 0.381 e. The first kappa shape index (κ1) is 13.6. The third-order valence-corrected chi connectivity index (χ3v) is 3.77. The van der Waals surface area contributed by atoms with Crippen LogP contribution in [-0.4, -0.2) is 26.3 Å². The van der Waals surface area contributed by atoms with Crippen molar-refractivity contribution in [1.29, 1.82) is 0 Å². The lowest BCUT2D eigenvalue weighted by Gasteiger charge is -2.28. The van der Waals surface area contributed by atoms with E-state index in [0.717, 1.165) is 32.7 Å². The minimum absolute atomic E-state index is 0.308. The Labute approximate surface area is 111 Å². The van der Waals surface area contributed by atoms with Crippen LogP contribution in [0.3, 0.4) is 0 Å². The van der Waals surface area contributed by atoms with Gasteiger partial charge >= 0.3 is 0 Å². The molecule has 1 fully saturated rings. The molecule has 0 spiro atoms. The van der Waals surface area contributed by atoms with Gasteiger partial charge in [-0.2, -0.15) is 0 Å². The molecule has 0 saturated carbocycles. The fourth-order valence-electron chi connectivity index (χ4n) is 2.78. The molecule has 1 saturated heterocycles. The van der Waals surface area contributed by atoms with Crippen LogP contribution in [0.2, 0.25) is 0 Å². The van der Waals surface area contributed by atoms with Crippen molar-refractivity contribution >= 4 is 0 Å². The minimum atomic E-state index is 0.308. The Morgan fingerprint density at radius 2 is 2.28 bits per heavy atom. The Balaban J connectivity index is 2.01. The third kappa shape index (κ3) is 3.56. The van der Waals surface area contributed by atoms with Gasteiger partial charge in [0.1, 0.15) is 0 Å². The van der Waals surface area contributed by atoms with Gasteiger partial charge in [0.05, 0.1) is 6.61 Å². The molecule has 1 unspecified atom stereocenters. The van der Waals surface area contributed by atoms with Crippen LogP contribution in [0.15, 0.2) is 24.3 Å². The second-order valence-electron chi connectivity index (χ2n) is 5.65. The van der Waals surface area contributed by atoms with Crippen molar-refractivity contribution in [2.45, 2.75) is 33.1 Å². The van der Waals surface area contributed by atoms with Crippen molar-refractivity contribution in [1.82, 2.24) is 5.32 Å². The van der Waals surface area contributed by atoms with Gasteiger partial charge in [0, 0.05) is 18.6 Å². The quantitative estimate of drug-likeness (QED) is 0.780. The summed E-state index contributed by atoms with van der Waals surface area (Å²) in [6.07, 6.45) is 3.50. The summed E-state index contributed by atoms with van der Waals surface area (Å²) in [4.78, 5) is 0. The monoisotopic (exact) mass is 247 g/mol. The van der Waals surface area contributed by atoms with Gasteiger partial charge in [-0.3, -0.25) is 0 Å². The zero-order valence-electron chi connectivity index (χ0n) is 11.7. The second kappa shape index (κ2) is 6.35. The molecule has 2 nitrogen and oxygen atoms in total. The fourth-order valence-corrected chi connectivity index (χ4v) is 2.78. The van der Waals surface area contributed by atoms with Gasteiger partial charge in [0.2, 0.25) is 0 Å². The smallest absolute Gasteiger partial charge is 0.0538 e. The minimum Gasteiger partial charge on any atom is -0.381 e. The van der Waals surface area contributed by atoms with Gasteiger partial charge in [-0.05, 0) is 38.3 Å². The zero-order valence-corrected chi connectivity index (χ0v) is 11.7. The molecule has 1 atom stereocenters. The highest BCUT2D eigenvalue weighted by molar-refractivity contribution is 5.23. The lowest BCUT2D eigenvalue weighted by Crippen LogP contribution is -2.37. The van der Waals surface area contributed by atoms with Crippen LogP contribution in [0.4, 0.5) is 0 Å². The highest BCUT2D eigenvalue weighted by Crippen LogP contribution is 2.32. The first-order valence-electron chi connectivity index (χ1n) is 7.08. The van der Waals surface area contributed by atoms with Crippen molar-refractivity contribution in [3.8, 4) is 0 Å². The number of nitrogens with one attached hydrogen (secondary N) is 1. The molecule has 1 aliphatic rings. The van der Waals surface area contributed by atoms with E-state index in [4.69, 9.17) is 4.74 Å². The van der Waals surface area contributed by atoms with Crippen LogP contribution < -0.4 is 5.32 Å². The van der Waals surface area contributed by atoms with E-state index in [1.807, 2.05) is 0 Å². The summed E-state index contributed by atoms with van der Waals surface area (Å²) in [5.41, 5.74) is 3.10. The summed E-state index contributed by atoms with van der Waals surface area (Å²) < 4.78 is 5.65. The number of hydrogen-bond donors (Lipinski definition) is 1. The fraction of sp³-hybridized carbons (Fsp3) is 0.625. The van der Waals surface area contributed by atoms with Crippen molar-refractivity contribution in [3.05, 3.63) is 35.4 Å². The molecule has 18 heavy (non-hydrogen) atoms. The van der Waals surface area contributed by atoms with Crippen molar-refractivity contribution in [2.24, 2.45) is 5.41 Å². The van der Waals surface area contributed by atoms with E-state index in [0.29, 0.717) is 5.41 Å². The molecule has 0 radical (unpaired) electrons. The van der Waals surface area contributed by atoms with Crippen LogP contribution in [0, 0.1) is 12.3 Å².